The lowest BCUT2D eigenvalue weighted by molar-refractivity contribution is -0.117. The molecule has 2 aromatic rings. The molecule has 4 rings (SSSR count). The van der Waals surface area contributed by atoms with Crippen LogP contribution in [0.2, 0.25) is 0 Å². The Morgan fingerprint density at radius 3 is 2.97 bits per heavy atom. The maximum absolute atomic E-state index is 12.9. The molecule has 156 valence electrons. The predicted octanol–water partition coefficient (Wildman–Crippen LogP) is 3.70. The third-order valence-electron chi connectivity index (χ3n) is 5.38. The third-order valence-corrected chi connectivity index (χ3v) is 7.44. The van der Waals surface area contributed by atoms with Crippen molar-refractivity contribution < 1.29 is 19.1 Å². The predicted molar refractivity (Wildman–Crippen MR) is 115 cm³/mol. The summed E-state index contributed by atoms with van der Waals surface area (Å²) in [6.07, 6.45) is 5.17. The van der Waals surface area contributed by atoms with Gasteiger partial charge in [0.1, 0.15) is 5.00 Å². The molecule has 0 aromatic carbocycles. The van der Waals surface area contributed by atoms with E-state index in [4.69, 9.17) is 9.47 Å². The molecule has 1 amide bonds. The van der Waals surface area contributed by atoms with E-state index in [1.807, 2.05) is 6.07 Å². The second-order valence-electron chi connectivity index (χ2n) is 7.49. The molecule has 2 aromatic heterocycles. The molecular weight excluding hydrogens is 408 g/mol. The summed E-state index contributed by atoms with van der Waals surface area (Å²) in [6.45, 7) is 2.51. The van der Waals surface area contributed by atoms with Crippen molar-refractivity contribution in [3.8, 4) is 0 Å². The average Bonchev–Trinajstić information content (AvgIpc) is 3.46. The number of carbonyl (C=O) groups excluding carboxylic acids is 2. The third kappa shape index (κ3) is 4.88. The highest BCUT2D eigenvalue weighted by molar-refractivity contribution is 7.17. The van der Waals surface area contributed by atoms with Crippen LogP contribution in [-0.4, -0.2) is 49.7 Å². The van der Waals surface area contributed by atoms with Crippen LogP contribution in [0.5, 0.6) is 0 Å². The lowest BCUT2D eigenvalue weighted by atomic mass is 10.1. The number of fused-ring (bicyclic) bond motifs is 1. The molecule has 2 aliphatic rings. The Morgan fingerprint density at radius 2 is 2.24 bits per heavy atom. The lowest BCUT2D eigenvalue weighted by Crippen LogP contribution is -2.37. The molecule has 6 nitrogen and oxygen atoms in total. The number of ether oxygens (including phenoxy) is 2. The fourth-order valence-corrected chi connectivity index (χ4v) is 6.10. The number of methoxy groups -OCH3 is 1. The second kappa shape index (κ2) is 9.38. The topological polar surface area (TPSA) is 67.9 Å². The number of hydrogen-bond donors (Lipinski definition) is 1. The highest BCUT2D eigenvalue weighted by Gasteiger charge is 2.28. The van der Waals surface area contributed by atoms with Crippen LogP contribution >= 0.6 is 22.7 Å². The van der Waals surface area contributed by atoms with Gasteiger partial charge in [-0.05, 0) is 49.1 Å². The molecule has 1 fully saturated rings. The summed E-state index contributed by atoms with van der Waals surface area (Å²) in [7, 11) is 1.39. The van der Waals surface area contributed by atoms with Crippen molar-refractivity contribution in [3.63, 3.8) is 0 Å². The van der Waals surface area contributed by atoms with Crippen molar-refractivity contribution in [3.05, 3.63) is 38.4 Å². The summed E-state index contributed by atoms with van der Waals surface area (Å²) in [4.78, 5) is 29.7. The maximum atomic E-state index is 12.9. The highest BCUT2D eigenvalue weighted by Crippen LogP contribution is 2.39. The number of nitrogens with zero attached hydrogens (tertiary/aromatic N) is 1. The molecule has 0 saturated carbocycles. The van der Waals surface area contributed by atoms with Crippen LogP contribution < -0.4 is 5.32 Å². The smallest absolute Gasteiger partial charge is 0.341 e. The summed E-state index contributed by atoms with van der Waals surface area (Å²) >= 11 is 3.20. The fourth-order valence-electron chi connectivity index (χ4n) is 4.06. The van der Waals surface area contributed by atoms with E-state index in [-0.39, 0.29) is 24.5 Å². The van der Waals surface area contributed by atoms with Gasteiger partial charge in [-0.2, -0.15) is 0 Å². The Balaban J connectivity index is 1.45. The van der Waals surface area contributed by atoms with Gasteiger partial charge in [0.2, 0.25) is 5.91 Å². The summed E-state index contributed by atoms with van der Waals surface area (Å²) in [5.41, 5.74) is 1.59. The summed E-state index contributed by atoms with van der Waals surface area (Å²) < 4.78 is 10.8. The second-order valence-corrected chi connectivity index (χ2v) is 9.62. The number of rotatable bonds is 8. The largest absolute Gasteiger partial charge is 0.465 e. The van der Waals surface area contributed by atoms with Crippen LogP contribution in [0.1, 0.15) is 44.9 Å². The first-order chi connectivity index (χ1) is 14.1. The number of aryl methyl sites for hydroxylation is 1. The number of thiophene rings is 2. The molecule has 1 atom stereocenters. The zero-order chi connectivity index (χ0) is 20.2. The van der Waals surface area contributed by atoms with Gasteiger partial charge in [0, 0.05) is 29.5 Å². The number of esters is 1. The molecule has 1 aliphatic carbocycles. The molecule has 0 spiro atoms. The number of hydrogen-bond acceptors (Lipinski definition) is 7. The van der Waals surface area contributed by atoms with Gasteiger partial charge in [0.05, 0.1) is 25.3 Å². The molecule has 3 heterocycles. The van der Waals surface area contributed by atoms with Gasteiger partial charge in [-0.1, -0.05) is 6.07 Å². The number of anilines is 1. The Labute approximate surface area is 178 Å². The van der Waals surface area contributed by atoms with Gasteiger partial charge in [0.25, 0.3) is 0 Å². The quantitative estimate of drug-likeness (QED) is 0.642. The molecule has 1 aliphatic heterocycles. The summed E-state index contributed by atoms with van der Waals surface area (Å²) in [5.74, 6) is -0.473. The summed E-state index contributed by atoms with van der Waals surface area (Å²) in [6, 6.07) is 4.12. The molecule has 0 radical (unpaired) electrons. The van der Waals surface area contributed by atoms with Crippen LogP contribution in [0, 0.1) is 0 Å². The van der Waals surface area contributed by atoms with Gasteiger partial charge in [0.15, 0.2) is 0 Å². The van der Waals surface area contributed by atoms with Crippen molar-refractivity contribution in [2.75, 3.05) is 32.1 Å². The minimum absolute atomic E-state index is 0.107. The Bertz CT molecular complexity index is 856. The van der Waals surface area contributed by atoms with E-state index < -0.39 is 0 Å². The van der Waals surface area contributed by atoms with Gasteiger partial charge in [-0.25, -0.2) is 4.79 Å². The van der Waals surface area contributed by atoms with E-state index in [9.17, 15) is 9.59 Å². The molecule has 1 unspecified atom stereocenters. The molecule has 0 bridgehead atoms. The Kier molecular flexibility index (Phi) is 6.64. The van der Waals surface area contributed by atoms with Crippen LogP contribution in [0.3, 0.4) is 0 Å². The highest BCUT2D eigenvalue weighted by atomic mass is 32.1. The van der Waals surface area contributed by atoms with Crippen molar-refractivity contribution >= 4 is 39.6 Å². The van der Waals surface area contributed by atoms with Crippen molar-refractivity contribution in [2.45, 2.75) is 44.8 Å². The standard InChI is InChI=1S/C21H26N2O4S2/c1-26-21(25)19-16-7-2-8-17(16)29-20(19)22-18(24)13-23(11-14-5-3-9-27-14)12-15-6-4-10-28-15/h4,6,10,14H,2-3,5,7-9,11-13H2,1H3,(H,22,24). The van der Waals surface area contributed by atoms with Gasteiger partial charge in [-0.15, -0.1) is 22.7 Å². The minimum atomic E-state index is -0.366. The number of carbonyl (C=O) groups is 2. The van der Waals surface area contributed by atoms with Crippen LogP contribution in [-0.2, 0) is 33.7 Å². The van der Waals surface area contributed by atoms with Gasteiger partial charge >= 0.3 is 5.97 Å². The van der Waals surface area contributed by atoms with Crippen LogP contribution in [0.15, 0.2) is 17.5 Å². The van der Waals surface area contributed by atoms with E-state index >= 15 is 0 Å². The van der Waals surface area contributed by atoms with E-state index in [1.54, 1.807) is 11.3 Å². The van der Waals surface area contributed by atoms with E-state index in [2.05, 4.69) is 21.7 Å². The van der Waals surface area contributed by atoms with Crippen LogP contribution in [0.4, 0.5) is 5.00 Å². The average molecular weight is 435 g/mol. The lowest BCUT2D eigenvalue weighted by Gasteiger charge is -2.24. The van der Waals surface area contributed by atoms with Gasteiger partial charge < -0.3 is 14.8 Å². The Hall–Kier alpha value is -1.74. The first-order valence-corrected chi connectivity index (χ1v) is 11.7. The van der Waals surface area contributed by atoms with E-state index in [0.717, 1.165) is 57.4 Å². The van der Waals surface area contributed by atoms with Crippen molar-refractivity contribution in [1.29, 1.82) is 0 Å². The molecule has 8 heteroatoms. The number of amides is 1. The zero-order valence-electron chi connectivity index (χ0n) is 16.6. The maximum Gasteiger partial charge on any atom is 0.341 e. The zero-order valence-corrected chi connectivity index (χ0v) is 18.2. The Morgan fingerprint density at radius 1 is 1.34 bits per heavy atom. The van der Waals surface area contributed by atoms with Gasteiger partial charge in [-0.3, -0.25) is 9.69 Å². The SMILES string of the molecule is COC(=O)c1c(NC(=O)CN(Cc2cccs2)CC2CCCO2)sc2c1CCC2. The fraction of sp³-hybridized carbons (Fsp3) is 0.524. The molecule has 1 saturated heterocycles. The minimum Gasteiger partial charge on any atom is -0.465 e. The first kappa shape index (κ1) is 20.5. The van der Waals surface area contributed by atoms with E-state index in [1.165, 1.54) is 28.2 Å². The normalized spacial score (nSPS) is 18.2. The summed E-state index contributed by atoms with van der Waals surface area (Å²) in [5, 5.41) is 5.67. The molecular formula is C21H26N2O4S2. The monoisotopic (exact) mass is 434 g/mol. The first-order valence-electron chi connectivity index (χ1n) is 10.0. The van der Waals surface area contributed by atoms with Crippen LogP contribution in [0.25, 0.3) is 0 Å². The molecule has 29 heavy (non-hydrogen) atoms. The van der Waals surface area contributed by atoms with Crippen molar-refractivity contribution in [1.82, 2.24) is 4.90 Å². The van der Waals surface area contributed by atoms with E-state index in [0.29, 0.717) is 10.6 Å². The molecule has 1 N–H and O–H groups in total. The number of nitrogens with one attached hydrogen (secondary N) is 1. The van der Waals surface area contributed by atoms with Crippen molar-refractivity contribution in [2.24, 2.45) is 0 Å².